The Kier molecular flexibility index (Phi) is 8.78. The monoisotopic (exact) mass is 622 g/mol. The zero-order chi connectivity index (χ0) is 29.7. The van der Waals surface area contributed by atoms with Crippen LogP contribution in [-0.4, -0.2) is 41.9 Å². The molecule has 0 saturated carbocycles. The van der Waals surface area contributed by atoms with Gasteiger partial charge in [-0.3, -0.25) is 29.8 Å². The number of benzene rings is 3. The van der Waals surface area contributed by atoms with Crippen LogP contribution in [0.1, 0.15) is 18.1 Å². The van der Waals surface area contributed by atoms with E-state index in [-0.39, 0.29) is 47.6 Å². The van der Waals surface area contributed by atoms with E-state index in [1.165, 1.54) is 24.3 Å². The number of rotatable bonds is 9. The molecular formula is C28H23BrN4O8. The zero-order valence-corrected chi connectivity index (χ0v) is 23.4. The van der Waals surface area contributed by atoms with Crippen LogP contribution in [0.25, 0.3) is 6.08 Å². The van der Waals surface area contributed by atoms with Crippen LogP contribution in [-0.2, 0) is 14.4 Å². The highest BCUT2D eigenvalue weighted by molar-refractivity contribution is 9.10. The maximum Gasteiger partial charge on any atom is 0.335 e. The van der Waals surface area contributed by atoms with E-state index >= 15 is 0 Å². The third-order valence-corrected chi connectivity index (χ3v) is 6.42. The number of para-hydroxylation sites is 1. The maximum atomic E-state index is 13.2. The van der Waals surface area contributed by atoms with Crippen molar-refractivity contribution in [3.05, 3.63) is 92.0 Å². The van der Waals surface area contributed by atoms with Crippen LogP contribution in [0.3, 0.4) is 0 Å². The second-order valence-corrected chi connectivity index (χ2v) is 9.50. The number of halogens is 1. The second-order valence-electron chi connectivity index (χ2n) is 8.65. The number of non-ortho nitro benzene ring substituents is 1. The lowest BCUT2D eigenvalue weighted by molar-refractivity contribution is -0.384. The van der Waals surface area contributed by atoms with Crippen LogP contribution >= 0.6 is 15.9 Å². The standard InChI is InChI=1S/C28H23BrN4O8/c1-3-40-23-14-17(13-21(29)25(23)41-15-24(34)30-22-7-5-4-6-16(22)2)12-20-26(35)31-28(37)32(27(20)36)18-8-10-19(11-9-18)33(38)39/h4-14H,3,15H2,1-2H3,(H,30,34)(H,31,35,37)/b20-12-. The fourth-order valence-corrected chi connectivity index (χ4v) is 4.47. The van der Waals surface area contributed by atoms with Crippen LogP contribution in [0.15, 0.2) is 70.7 Å². The van der Waals surface area contributed by atoms with Gasteiger partial charge in [-0.1, -0.05) is 18.2 Å². The number of nitro groups is 1. The first kappa shape index (κ1) is 29.0. The number of carbonyl (C=O) groups excluding carboxylic acids is 4. The molecule has 0 spiro atoms. The number of amides is 5. The summed E-state index contributed by atoms with van der Waals surface area (Å²) < 4.78 is 11.8. The number of urea groups is 1. The molecule has 13 heteroatoms. The molecule has 12 nitrogen and oxygen atoms in total. The molecule has 0 bridgehead atoms. The highest BCUT2D eigenvalue weighted by Crippen LogP contribution is 2.38. The summed E-state index contributed by atoms with van der Waals surface area (Å²) >= 11 is 3.40. The summed E-state index contributed by atoms with van der Waals surface area (Å²) in [5.41, 5.74) is 1.36. The van der Waals surface area contributed by atoms with Gasteiger partial charge in [-0.05, 0) is 77.3 Å². The summed E-state index contributed by atoms with van der Waals surface area (Å²) in [6.45, 7) is 3.55. The van der Waals surface area contributed by atoms with Gasteiger partial charge >= 0.3 is 6.03 Å². The number of ether oxygens (including phenoxy) is 2. The van der Waals surface area contributed by atoms with Gasteiger partial charge < -0.3 is 14.8 Å². The highest BCUT2D eigenvalue weighted by Gasteiger charge is 2.37. The van der Waals surface area contributed by atoms with Crippen molar-refractivity contribution in [3.63, 3.8) is 0 Å². The number of hydrogen-bond donors (Lipinski definition) is 2. The van der Waals surface area contributed by atoms with Gasteiger partial charge in [0.15, 0.2) is 18.1 Å². The Hall–Kier alpha value is -5.04. The number of hydrogen-bond acceptors (Lipinski definition) is 8. The van der Waals surface area contributed by atoms with Crippen LogP contribution in [0.4, 0.5) is 21.9 Å². The van der Waals surface area contributed by atoms with E-state index in [1.54, 1.807) is 25.1 Å². The maximum absolute atomic E-state index is 13.2. The molecule has 0 unspecified atom stereocenters. The van der Waals surface area contributed by atoms with E-state index < -0.39 is 22.8 Å². The molecule has 1 saturated heterocycles. The average molecular weight is 623 g/mol. The number of barbiturate groups is 1. The minimum Gasteiger partial charge on any atom is -0.490 e. The molecule has 0 aromatic heterocycles. The predicted molar refractivity (Wildman–Crippen MR) is 153 cm³/mol. The molecule has 41 heavy (non-hydrogen) atoms. The van der Waals surface area contributed by atoms with Crippen molar-refractivity contribution in [2.45, 2.75) is 13.8 Å². The summed E-state index contributed by atoms with van der Waals surface area (Å²) in [7, 11) is 0. The van der Waals surface area contributed by atoms with E-state index in [1.807, 2.05) is 19.1 Å². The fourth-order valence-electron chi connectivity index (χ4n) is 3.89. The lowest BCUT2D eigenvalue weighted by Crippen LogP contribution is -2.54. The molecule has 1 heterocycles. The van der Waals surface area contributed by atoms with E-state index in [0.29, 0.717) is 20.6 Å². The number of imide groups is 2. The van der Waals surface area contributed by atoms with Crippen molar-refractivity contribution < 1.29 is 33.6 Å². The van der Waals surface area contributed by atoms with Crippen LogP contribution in [0.5, 0.6) is 11.5 Å². The molecule has 0 atom stereocenters. The van der Waals surface area contributed by atoms with Crippen molar-refractivity contribution >= 4 is 62.8 Å². The van der Waals surface area contributed by atoms with Gasteiger partial charge in [0.25, 0.3) is 23.4 Å². The number of aryl methyl sites for hydroxylation is 1. The lowest BCUT2D eigenvalue weighted by Gasteiger charge is -2.26. The number of carbonyl (C=O) groups is 4. The second kappa shape index (κ2) is 12.4. The first-order valence-corrected chi connectivity index (χ1v) is 13.0. The van der Waals surface area contributed by atoms with E-state index in [2.05, 4.69) is 26.6 Å². The molecule has 3 aromatic carbocycles. The van der Waals surface area contributed by atoms with E-state index in [4.69, 9.17) is 9.47 Å². The fraction of sp³-hybridized carbons (Fsp3) is 0.143. The third-order valence-electron chi connectivity index (χ3n) is 5.83. The minimum atomic E-state index is -0.991. The normalized spacial score (nSPS) is 14.1. The van der Waals surface area contributed by atoms with E-state index in [0.717, 1.165) is 17.7 Å². The quantitative estimate of drug-likeness (QED) is 0.150. The van der Waals surface area contributed by atoms with Gasteiger partial charge in [0.2, 0.25) is 0 Å². The van der Waals surface area contributed by atoms with Crippen molar-refractivity contribution in [2.75, 3.05) is 23.4 Å². The number of nitro benzene ring substituents is 1. The first-order chi connectivity index (χ1) is 19.6. The molecule has 1 fully saturated rings. The van der Waals surface area contributed by atoms with Gasteiger partial charge in [-0.15, -0.1) is 0 Å². The largest absolute Gasteiger partial charge is 0.490 e. The van der Waals surface area contributed by atoms with E-state index in [9.17, 15) is 29.3 Å². The number of nitrogens with one attached hydrogen (secondary N) is 2. The molecule has 3 aromatic rings. The molecule has 2 N–H and O–H groups in total. The summed E-state index contributed by atoms with van der Waals surface area (Å²) in [6, 6.07) is 14.1. The Bertz CT molecular complexity index is 1590. The smallest absolute Gasteiger partial charge is 0.335 e. The Morgan fingerprint density at radius 2 is 1.80 bits per heavy atom. The van der Waals surface area contributed by atoms with Crippen LogP contribution < -0.4 is 25.0 Å². The SMILES string of the molecule is CCOc1cc(/C=C2/C(=O)NC(=O)N(c3ccc([N+](=O)[O-])cc3)C2=O)cc(Br)c1OCC(=O)Nc1ccccc1C. The van der Waals surface area contributed by atoms with Gasteiger partial charge in [0.05, 0.1) is 21.7 Å². The van der Waals surface area contributed by atoms with Crippen molar-refractivity contribution in [1.82, 2.24) is 5.32 Å². The van der Waals surface area contributed by atoms with Gasteiger partial charge in [0.1, 0.15) is 5.57 Å². The topological polar surface area (TPSA) is 157 Å². The average Bonchev–Trinajstić information content (AvgIpc) is 2.92. The van der Waals surface area contributed by atoms with Crippen molar-refractivity contribution in [3.8, 4) is 11.5 Å². The Morgan fingerprint density at radius 3 is 2.46 bits per heavy atom. The Balaban J connectivity index is 1.58. The molecule has 210 valence electrons. The predicted octanol–water partition coefficient (Wildman–Crippen LogP) is 4.75. The van der Waals surface area contributed by atoms with Crippen LogP contribution in [0, 0.1) is 17.0 Å². The van der Waals surface area contributed by atoms with Gasteiger partial charge in [-0.2, -0.15) is 0 Å². The molecule has 1 aliphatic heterocycles. The van der Waals surface area contributed by atoms with Crippen molar-refractivity contribution in [1.29, 1.82) is 0 Å². The Labute approximate surface area is 242 Å². The summed E-state index contributed by atoms with van der Waals surface area (Å²) in [5, 5.41) is 15.8. The van der Waals surface area contributed by atoms with Gasteiger partial charge in [0, 0.05) is 17.8 Å². The minimum absolute atomic E-state index is 0.0420. The molecular weight excluding hydrogens is 600 g/mol. The third kappa shape index (κ3) is 6.58. The highest BCUT2D eigenvalue weighted by atomic mass is 79.9. The first-order valence-electron chi connectivity index (χ1n) is 12.2. The molecule has 4 rings (SSSR count). The summed E-state index contributed by atoms with van der Waals surface area (Å²) in [4.78, 5) is 61.8. The zero-order valence-electron chi connectivity index (χ0n) is 21.8. The van der Waals surface area contributed by atoms with Crippen molar-refractivity contribution in [2.24, 2.45) is 0 Å². The molecule has 0 aliphatic carbocycles. The van der Waals surface area contributed by atoms with Gasteiger partial charge in [-0.25, -0.2) is 9.69 Å². The van der Waals surface area contributed by atoms with Crippen LogP contribution in [0.2, 0.25) is 0 Å². The number of nitrogens with zero attached hydrogens (tertiary/aromatic N) is 2. The lowest BCUT2D eigenvalue weighted by atomic mass is 10.1. The molecule has 5 amide bonds. The summed E-state index contributed by atoms with van der Waals surface area (Å²) in [5.74, 6) is -1.75. The Morgan fingerprint density at radius 1 is 1.10 bits per heavy atom. The molecule has 1 aliphatic rings. The summed E-state index contributed by atoms with van der Waals surface area (Å²) in [6.07, 6.45) is 1.27. The number of anilines is 2. The molecule has 0 radical (unpaired) electrons.